The first-order valence-corrected chi connectivity index (χ1v) is 7.20. The van der Waals surface area contributed by atoms with Crippen molar-refractivity contribution >= 4 is 34.8 Å². The van der Waals surface area contributed by atoms with Gasteiger partial charge in [0.25, 0.3) is 5.91 Å². The van der Waals surface area contributed by atoms with E-state index >= 15 is 0 Å². The largest absolute Gasteiger partial charge is 0.454 e. The van der Waals surface area contributed by atoms with E-state index in [0.717, 1.165) is 0 Å². The lowest BCUT2D eigenvalue weighted by molar-refractivity contribution is 0.0994. The first-order valence-electron chi connectivity index (χ1n) is 6.45. The normalized spacial score (nSPS) is 10.6. The molecule has 112 valence electrons. The summed E-state index contributed by atoms with van der Waals surface area (Å²) in [5, 5.41) is 7.41. The van der Waals surface area contributed by atoms with Gasteiger partial charge in [-0.25, -0.2) is 0 Å². The van der Waals surface area contributed by atoms with Crippen molar-refractivity contribution in [2.75, 3.05) is 5.32 Å². The van der Waals surface area contributed by atoms with Crippen LogP contribution in [0.4, 0.5) is 5.69 Å². The second-order valence-corrected chi connectivity index (χ2v) is 5.31. The molecular formula is C15H11Cl2N3O2. The molecule has 0 bridgehead atoms. The number of hydrogen-bond acceptors (Lipinski definition) is 3. The molecule has 1 N–H and O–H groups in total. The minimum Gasteiger partial charge on any atom is -0.454 e. The Morgan fingerprint density at radius 3 is 2.86 bits per heavy atom. The molecule has 3 rings (SSSR count). The second kappa shape index (κ2) is 6.25. The third-order valence-electron chi connectivity index (χ3n) is 2.96. The predicted molar refractivity (Wildman–Crippen MR) is 84.5 cm³/mol. The lowest BCUT2D eigenvalue weighted by Gasteiger charge is -2.06. The number of anilines is 1. The van der Waals surface area contributed by atoms with E-state index in [1.54, 1.807) is 41.2 Å². The maximum absolute atomic E-state index is 12.2. The van der Waals surface area contributed by atoms with Gasteiger partial charge in [0.15, 0.2) is 5.76 Å². The van der Waals surface area contributed by atoms with Crippen molar-refractivity contribution < 1.29 is 9.21 Å². The molecule has 0 unspecified atom stereocenters. The zero-order valence-electron chi connectivity index (χ0n) is 11.3. The molecule has 0 saturated carbocycles. The molecule has 0 aliphatic heterocycles. The highest BCUT2D eigenvalue weighted by atomic mass is 35.5. The van der Waals surface area contributed by atoms with E-state index in [2.05, 4.69) is 10.4 Å². The smallest absolute Gasteiger partial charge is 0.291 e. The van der Waals surface area contributed by atoms with Gasteiger partial charge in [-0.3, -0.25) is 9.48 Å². The molecule has 22 heavy (non-hydrogen) atoms. The van der Waals surface area contributed by atoms with Gasteiger partial charge >= 0.3 is 0 Å². The molecule has 3 aromatic rings. The van der Waals surface area contributed by atoms with Crippen LogP contribution in [-0.2, 0) is 6.54 Å². The SMILES string of the molecule is O=C(Nc1cccc(Cl)c1Cl)c1ccc(Cn2cccn2)o1. The monoisotopic (exact) mass is 335 g/mol. The zero-order chi connectivity index (χ0) is 15.5. The van der Waals surface area contributed by atoms with E-state index in [1.165, 1.54) is 0 Å². The molecular weight excluding hydrogens is 325 g/mol. The highest BCUT2D eigenvalue weighted by Crippen LogP contribution is 2.29. The summed E-state index contributed by atoms with van der Waals surface area (Å²) in [6.45, 7) is 0.457. The van der Waals surface area contributed by atoms with E-state index in [-0.39, 0.29) is 5.76 Å². The summed E-state index contributed by atoms with van der Waals surface area (Å²) in [5.41, 5.74) is 0.434. The first-order chi connectivity index (χ1) is 10.6. The van der Waals surface area contributed by atoms with Crippen molar-refractivity contribution in [3.63, 3.8) is 0 Å². The number of benzene rings is 1. The minimum atomic E-state index is -0.393. The Morgan fingerprint density at radius 1 is 1.23 bits per heavy atom. The summed E-state index contributed by atoms with van der Waals surface area (Å²) < 4.78 is 7.21. The van der Waals surface area contributed by atoms with Crippen LogP contribution in [0.1, 0.15) is 16.3 Å². The Kier molecular flexibility index (Phi) is 4.18. The molecule has 0 saturated heterocycles. The van der Waals surface area contributed by atoms with Crippen LogP contribution in [0.25, 0.3) is 0 Å². The Hall–Kier alpha value is -2.24. The van der Waals surface area contributed by atoms with Crippen LogP contribution < -0.4 is 5.32 Å². The fourth-order valence-corrected chi connectivity index (χ4v) is 2.27. The molecule has 1 amide bonds. The van der Waals surface area contributed by atoms with Crippen molar-refractivity contribution in [1.82, 2.24) is 9.78 Å². The van der Waals surface area contributed by atoms with Crippen LogP contribution in [0.2, 0.25) is 10.0 Å². The molecule has 0 aliphatic rings. The summed E-state index contributed by atoms with van der Waals surface area (Å²) in [4.78, 5) is 12.2. The van der Waals surface area contributed by atoms with Crippen LogP contribution in [0.5, 0.6) is 0 Å². The number of carbonyl (C=O) groups excluding carboxylic acids is 1. The van der Waals surface area contributed by atoms with Gasteiger partial charge in [0, 0.05) is 12.4 Å². The number of halogens is 2. The highest BCUT2D eigenvalue weighted by molar-refractivity contribution is 6.44. The van der Waals surface area contributed by atoms with Gasteiger partial charge in [-0.05, 0) is 30.3 Å². The second-order valence-electron chi connectivity index (χ2n) is 4.53. The number of furan rings is 1. The van der Waals surface area contributed by atoms with Gasteiger partial charge < -0.3 is 9.73 Å². The van der Waals surface area contributed by atoms with Gasteiger partial charge in [0.05, 0.1) is 22.3 Å². The standard InChI is InChI=1S/C15H11Cl2N3O2/c16-11-3-1-4-12(14(11)17)19-15(21)13-6-5-10(22-13)9-20-8-2-7-18-20/h1-8H,9H2,(H,19,21). The maximum atomic E-state index is 12.2. The van der Waals surface area contributed by atoms with Gasteiger partial charge in [0.1, 0.15) is 5.76 Å². The summed E-state index contributed by atoms with van der Waals surface area (Å²) in [6, 6.07) is 10.2. The molecule has 7 heteroatoms. The van der Waals surface area contributed by atoms with Crippen molar-refractivity contribution in [3.05, 3.63) is 70.4 Å². The highest BCUT2D eigenvalue weighted by Gasteiger charge is 2.14. The van der Waals surface area contributed by atoms with Crippen molar-refractivity contribution in [3.8, 4) is 0 Å². The summed E-state index contributed by atoms with van der Waals surface area (Å²) >= 11 is 11.9. The number of amides is 1. The van der Waals surface area contributed by atoms with Gasteiger partial charge in [-0.15, -0.1) is 0 Å². The number of nitrogens with one attached hydrogen (secondary N) is 1. The maximum Gasteiger partial charge on any atom is 0.291 e. The van der Waals surface area contributed by atoms with Crippen molar-refractivity contribution in [2.45, 2.75) is 6.54 Å². The molecule has 0 fully saturated rings. The molecule has 2 aromatic heterocycles. The number of aromatic nitrogens is 2. The van der Waals surface area contributed by atoms with E-state index in [1.807, 2.05) is 12.3 Å². The summed E-state index contributed by atoms with van der Waals surface area (Å²) in [6.07, 6.45) is 3.49. The van der Waals surface area contributed by atoms with Gasteiger partial charge in [0.2, 0.25) is 0 Å². The third kappa shape index (κ3) is 3.16. The van der Waals surface area contributed by atoms with Crippen LogP contribution in [-0.4, -0.2) is 15.7 Å². The Labute approximate surface area is 136 Å². The predicted octanol–water partition coefficient (Wildman–Crippen LogP) is 4.08. The lowest BCUT2D eigenvalue weighted by Crippen LogP contribution is -2.11. The fourth-order valence-electron chi connectivity index (χ4n) is 1.92. The van der Waals surface area contributed by atoms with Crippen molar-refractivity contribution in [2.24, 2.45) is 0 Å². The van der Waals surface area contributed by atoms with E-state index in [4.69, 9.17) is 27.6 Å². The van der Waals surface area contributed by atoms with Gasteiger partial charge in [-0.1, -0.05) is 29.3 Å². The van der Waals surface area contributed by atoms with Crippen LogP contribution in [0.15, 0.2) is 53.2 Å². The third-order valence-corrected chi connectivity index (χ3v) is 3.78. The average Bonchev–Trinajstić information content (AvgIpc) is 3.16. The molecule has 0 aliphatic carbocycles. The molecule has 2 heterocycles. The summed E-state index contributed by atoms with van der Waals surface area (Å²) in [5.74, 6) is 0.431. The first kappa shape index (κ1) is 14.7. The molecule has 0 spiro atoms. The number of rotatable bonds is 4. The fraction of sp³-hybridized carbons (Fsp3) is 0.0667. The molecule has 0 radical (unpaired) electrons. The quantitative estimate of drug-likeness (QED) is 0.781. The van der Waals surface area contributed by atoms with Gasteiger partial charge in [-0.2, -0.15) is 5.10 Å². The topological polar surface area (TPSA) is 60.1 Å². The van der Waals surface area contributed by atoms with Crippen LogP contribution >= 0.6 is 23.2 Å². The number of hydrogen-bond donors (Lipinski definition) is 1. The Balaban J connectivity index is 1.73. The van der Waals surface area contributed by atoms with E-state index < -0.39 is 5.91 Å². The van der Waals surface area contributed by atoms with E-state index in [0.29, 0.717) is 28.0 Å². The van der Waals surface area contributed by atoms with Crippen molar-refractivity contribution in [1.29, 1.82) is 0 Å². The Bertz CT molecular complexity index is 797. The molecule has 5 nitrogen and oxygen atoms in total. The number of carbonyl (C=O) groups is 1. The lowest BCUT2D eigenvalue weighted by atomic mass is 10.3. The number of nitrogens with zero attached hydrogens (tertiary/aromatic N) is 2. The molecule has 0 atom stereocenters. The zero-order valence-corrected chi connectivity index (χ0v) is 12.8. The van der Waals surface area contributed by atoms with Crippen LogP contribution in [0.3, 0.4) is 0 Å². The molecule has 1 aromatic carbocycles. The Morgan fingerprint density at radius 2 is 2.09 bits per heavy atom. The van der Waals surface area contributed by atoms with Crippen LogP contribution in [0, 0.1) is 0 Å². The average molecular weight is 336 g/mol. The summed E-state index contributed by atoms with van der Waals surface area (Å²) in [7, 11) is 0. The van der Waals surface area contributed by atoms with E-state index in [9.17, 15) is 4.79 Å². The minimum absolute atomic E-state index is 0.193.